The molecule has 2 nitrogen and oxygen atoms in total. The minimum absolute atomic E-state index is 0.0641. The first-order valence-corrected chi connectivity index (χ1v) is 7.19. The van der Waals surface area contributed by atoms with Gasteiger partial charge < -0.3 is 10.5 Å². The SMILES string of the molecule is NC(CC1CCCCO1)c1cccc2ccccc12. The zero-order valence-electron chi connectivity index (χ0n) is 11.2. The van der Waals surface area contributed by atoms with Gasteiger partial charge in [-0.25, -0.2) is 0 Å². The van der Waals surface area contributed by atoms with Gasteiger partial charge in [0, 0.05) is 12.6 Å². The normalized spacial score (nSPS) is 21.4. The molecule has 2 unspecified atom stereocenters. The predicted octanol–water partition coefficient (Wildman–Crippen LogP) is 3.80. The standard InChI is InChI=1S/C17H21NO/c18-17(12-14-8-3-4-11-19-14)16-10-5-7-13-6-1-2-9-15(13)16/h1-2,5-7,9-10,14,17H,3-4,8,11-12,18H2. The van der Waals surface area contributed by atoms with Crippen molar-refractivity contribution in [2.24, 2.45) is 5.73 Å². The molecule has 0 aliphatic carbocycles. The van der Waals surface area contributed by atoms with Gasteiger partial charge in [-0.05, 0) is 42.0 Å². The summed E-state index contributed by atoms with van der Waals surface area (Å²) in [5.74, 6) is 0. The molecule has 2 aromatic carbocycles. The van der Waals surface area contributed by atoms with Gasteiger partial charge in [0.25, 0.3) is 0 Å². The zero-order valence-corrected chi connectivity index (χ0v) is 11.2. The summed E-state index contributed by atoms with van der Waals surface area (Å²) in [6.07, 6.45) is 4.88. The third-order valence-electron chi connectivity index (χ3n) is 4.01. The monoisotopic (exact) mass is 255 g/mol. The molecule has 0 aromatic heterocycles. The van der Waals surface area contributed by atoms with Gasteiger partial charge in [-0.3, -0.25) is 0 Å². The van der Waals surface area contributed by atoms with Crippen molar-refractivity contribution in [1.29, 1.82) is 0 Å². The van der Waals surface area contributed by atoms with Gasteiger partial charge in [-0.2, -0.15) is 0 Å². The number of ether oxygens (including phenoxy) is 1. The smallest absolute Gasteiger partial charge is 0.0593 e. The highest BCUT2D eigenvalue weighted by Crippen LogP contribution is 2.28. The fraction of sp³-hybridized carbons (Fsp3) is 0.412. The Balaban J connectivity index is 1.82. The van der Waals surface area contributed by atoms with E-state index in [1.807, 2.05) is 0 Å². The Morgan fingerprint density at radius 3 is 2.79 bits per heavy atom. The Morgan fingerprint density at radius 2 is 1.95 bits per heavy atom. The van der Waals surface area contributed by atoms with Crippen LogP contribution in [0.3, 0.4) is 0 Å². The highest BCUT2D eigenvalue weighted by Gasteiger charge is 2.19. The average Bonchev–Trinajstić information content (AvgIpc) is 2.47. The lowest BCUT2D eigenvalue weighted by Gasteiger charge is -2.26. The van der Waals surface area contributed by atoms with E-state index in [4.69, 9.17) is 10.5 Å². The van der Waals surface area contributed by atoms with Crippen molar-refractivity contribution >= 4 is 10.8 Å². The van der Waals surface area contributed by atoms with Crippen LogP contribution >= 0.6 is 0 Å². The van der Waals surface area contributed by atoms with Crippen LogP contribution in [0.5, 0.6) is 0 Å². The molecule has 1 fully saturated rings. The molecular weight excluding hydrogens is 234 g/mol. The maximum Gasteiger partial charge on any atom is 0.0593 e. The number of hydrogen-bond acceptors (Lipinski definition) is 2. The van der Waals surface area contributed by atoms with Gasteiger partial charge >= 0.3 is 0 Å². The summed E-state index contributed by atoms with van der Waals surface area (Å²) in [4.78, 5) is 0. The van der Waals surface area contributed by atoms with Crippen LogP contribution in [0.25, 0.3) is 10.8 Å². The van der Waals surface area contributed by atoms with Gasteiger partial charge in [0.15, 0.2) is 0 Å². The van der Waals surface area contributed by atoms with Crippen LogP contribution in [0, 0.1) is 0 Å². The quantitative estimate of drug-likeness (QED) is 0.905. The Bertz CT molecular complexity index is 540. The molecule has 0 amide bonds. The minimum Gasteiger partial charge on any atom is -0.378 e. The minimum atomic E-state index is 0.0641. The first-order chi connectivity index (χ1) is 9.34. The summed E-state index contributed by atoms with van der Waals surface area (Å²) in [6, 6.07) is 14.9. The molecule has 2 heteroatoms. The Labute approximate surface area is 114 Å². The molecule has 2 N–H and O–H groups in total. The van der Waals surface area contributed by atoms with E-state index >= 15 is 0 Å². The van der Waals surface area contributed by atoms with Crippen LogP contribution in [-0.4, -0.2) is 12.7 Å². The zero-order chi connectivity index (χ0) is 13.1. The second kappa shape index (κ2) is 5.72. The number of hydrogen-bond donors (Lipinski definition) is 1. The van der Waals surface area contributed by atoms with E-state index in [2.05, 4.69) is 42.5 Å². The Morgan fingerprint density at radius 1 is 1.11 bits per heavy atom. The van der Waals surface area contributed by atoms with E-state index < -0.39 is 0 Å². The van der Waals surface area contributed by atoms with Gasteiger partial charge in [-0.1, -0.05) is 42.5 Å². The molecule has 0 spiro atoms. The van der Waals surface area contributed by atoms with E-state index in [9.17, 15) is 0 Å². The number of benzene rings is 2. The van der Waals surface area contributed by atoms with Gasteiger partial charge in [0.1, 0.15) is 0 Å². The third-order valence-corrected chi connectivity index (χ3v) is 4.01. The van der Waals surface area contributed by atoms with Crippen molar-refractivity contribution in [2.45, 2.75) is 37.8 Å². The molecule has 19 heavy (non-hydrogen) atoms. The van der Waals surface area contributed by atoms with Crippen molar-refractivity contribution in [3.8, 4) is 0 Å². The number of nitrogens with two attached hydrogens (primary N) is 1. The first-order valence-electron chi connectivity index (χ1n) is 7.19. The Hall–Kier alpha value is -1.38. The molecule has 2 atom stereocenters. The molecule has 1 aliphatic rings. The van der Waals surface area contributed by atoms with E-state index in [-0.39, 0.29) is 6.04 Å². The highest BCUT2D eigenvalue weighted by atomic mass is 16.5. The summed E-state index contributed by atoms with van der Waals surface area (Å²) < 4.78 is 5.80. The van der Waals surface area contributed by atoms with E-state index in [1.165, 1.54) is 29.2 Å². The molecule has 1 saturated heterocycles. The second-order valence-electron chi connectivity index (χ2n) is 5.40. The van der Waals surface area contributed by atoms with E-state index in [1.54, 1.807) is 0 Å². The predicted molar refractivity (Wildman–Crippen MR) is 79.1 cm³/mol. The molecular formula is C17H21NO. The molecule has 1 aliphatic heterocycles. The maximum absolute atomic E-state index is 6.41. The molecule has 1 heterocycles. The second-order valence-corrected chi connectivity index (χ2v) is 5.40. The van der Waals surface area contributed by atoms with Gasteiger partial charge in [0.05, 0.1) is 6.10 Å². The third kappa shape index (κ3) is 2.80. The lowest BCUT2D eigenvalue weighted by Crippen LogP contribution is -2.25. The molecule has 100 valence electrons. The highest BCUT2D eigenvalue weighted by molar-refractivity contribution is 5.86. The first kappa shape index (κ1) is 12.6. The van der Waals surface area contributed by atoms with Crippen LogP contribution in [0.15, 0.2) is 42.5 Å². The topological polar surface area (TPSA) is 35.2 Å². The molecule has 0 radical (unpaired) electrons. The molecule has 0 bridgehead atoms. The lowest BCUT2D eigenvalue weighted by molar-refractivity contribution is 0.00737. The molecule has 2 aromatic rings. The van der Waals surface area contributed by atoms with Crippen molar-refractivity contribution < 1.29 is 4.74 Å². The van der Waals surface area contributed by atoms with Crippen molar-refractivity contribution in [1.82, 2.24) is 0 Å². The van der Waals surface area contributed by atoms with Crippen molar-refractivity contribution in [3.63, 3.8) is 0 Å². The van der Waals surface area contributed by atoms with Crippen LogP contribution in [0.2, 0.25) is 0 Å². The van der Waals surface area contributed by atoms with Crippen LogP contribution in [0.4, 0.5) is 0 Å². The lowest BCUT2D eigenvalue weighted by atomic mass is 9.93. The van der Waals surface area contributed by atoms with E-state index in [0.717, 1.165) is 19.4 Å². The number of fused-ring (bicyclic) bond motifs is 1. The summed E-state index contributed by atoms with van der Waals surface area (Å²) >= 11 is 0. The number of rotatable bonds is 3. The van der Waals surface area contributed by atoms with Gasteiger partial charge in [0.2, 0.25) is 0 Å². The summed E-state index contributed by atoms with van der Waals surface area (Å²) in [7, 11) is 0. The summed E-state index contributed by atoms with van der Waals surface area (Å²) in [5, 5.41) is 2.54. The van der Waals surface area contributed by atoms with Crippen molar-refractivity contribution in [2.75, 3.05) is 6.61 Å². The Kier molecular flexibility index (Phi) is 3.81. The van der Waals surface area contributed by atoms with Gasteiger partial charge in [-0.15, -0.1) is 0 Å². The van der Waals surface area contributed by atoms with Crippen LogP contribution in [0.1, 0.15) is 37.3 Å². The van der Waals surface area contributed by atoms with Crippen molar-refractivity contribution in [3.05, 3.63) is 48.0 Å². The summed E-state index contributed by atoms with van der Waals surface area (Å²) in [6.45, 7) is 0.896. The fourth-order valence-electron chi connectivity index (χ4n) is 2.98. The molecule has 0 saturated carbocycles. The van der Waals surface area contributed by atoms with E-state index in [0.29, 0.717) is 6.10 Å². The molecule has 3 rings (SSSR count). The maximum atomic E-state index is 6.41. The van der Waals surface area contributed by atoms with Crippen LogP contribution < -0.4 is 5.73 Å². The largest absolute Gasteiger partial charge is 0.378 e. The van der Waals surface area contributed by atoms with Crippen LogP contribution in [-0.2, 0) is 4.74 Å². The average molecular weight is 255 g/mol. The fourth-order valence-corrected chi connectivity index (χ4v) is 2.98. The summed E-state index contributed by atoms with van der Waals surface area (Å²) in [5.41, 5.74) is 7.65.